The molecule has 2 aliphatic heterocycles. The van der Waals surface area contributed by atoms with E-state index in [1.54, 1.807) is 23.6 Å². The number of β-lactam (4-membered cyclic amide) rings is 1. The van der Waals surface area contributed by atoms with Crippen LogP contribution in [-0.4, -0.2) is 70.7 Å². The minimum absolute atomic E-state index is 0.110. The van der Waals surface area contributed by atoms with Crippen LogP contribution in [0.1, 0.15) is 36.0 Å². The fourth-order valence-corrected chi connectivity index (χ4v) is 8.22. The fourth-order valence-electron chi connectivity index (χ4n) is 5.04. The Labute approximate surface area is 237 Å². The van der Waals surface area contributed by atoms with Crippen LogP contribution in [0.5, 0.6) is 0 Å². The van der Waals surface area contributed by atoms with E-state index in [0.717, 1.165) is 29.3 Å². The maximum Gasteiger partial charge on any atom is 0.336 e. The van der Waals surface area contributed by atoms with Crippen molar-refractivity contribution < 1.29 is 28.9 Å². The zero-order valence-electron chi connectivity index (χ0n) is 21.8. The number of fused-ring (bicyclic) bond motifs is 2. The molecule has 0 radical (unpaired) electrons. The van der Waals surface area contributed by atoms with Crippen LogP contribution in [-0.2, 0) is 39.1 Å². The van der Waals surface area contributed by atoms with Crippen molar-refractivity contribution in [1.82, 2.24) is 15.2 Å². The van der Waals surface area contributed by atoms with Crippen LogP contribution in [0, 0.1) is 0 Å². The van der Waals surface area contributed by atoms with E-state index in [1.165, 1.54) is 40.1 Å². The summed E-state index contributed by atoms with van der Waals surface area (Å²) in [5.41, 5.74) is 7.63. The number of carbonyl (C=O) groups excluding carboxylic acids is 3. The lowest BCUT2D eigenvalue weighted by atomic mass is 10.0. The first-order valence-corrected chi connectivity index (χ1v) is 15.3. The van der Waals surface area contributed by atoms with Gasteiger partial charge in [-0.2, -0.15) is 0 Å². The second kappa shape index (κ2) is 11.1. The summed E-state index contributed by atoms with van der Waals surface area (Å²) in [6, 6.07) is -0.930. The molecule has 208 valence electrons. The second-order valence-electron chi connectivity index (χ2n) is 9.41. The van der Waals surface area contributed by atoms with Crippen molar-refractivity contribution in [2.75, 3.05) is 36.6 Å². The van der Waals surface area contributed by atoms with Gasteiger partial charge in [0.2, 0.25) is 0 Å². The molecule has 12 nitrogen and oxygen atoms in total. The molecule has 0 spiro atoms. The third kappa shape index (κ3) is 5.10. The van der Waals surface area contributed by atoms with Crippen LogP contribution in [0.2, 0.25) is 0 Å². The Bertz CT molecular complexity index is 1380. The molecule has 0 unspecified atom stereocenters. The number of aryl methyl sites for hydroxylation is 1. The van der Waals surface area contributed by atoms with Crippen molar-refractivity contribution in [2.24, 2.45) is 12.2 Å². The number of hydrogen-bond acceptors (Lipinski definition) is 12. The number of nitrogens with zero attached hydrogens (tertiary/aromatic N) is 5. The summed E-state index contributed by atoms with van der Waals surface area (Å²) in [6.07, 6.45) is 4.46. The first-order chi connectivity index (χ1) is 18.7. The normalized spacial score (nSPS) is 20.7. The quantitative estimate of drug-likeness (QED) is 0.174. The maximum absolute atomic E-state index is 13.2. The number of amides is 2. The molecule has 15 heteroatoms. The number of thioether (sulfide) groups is 1. The summed E-state index contributed by atoms with van der Waals surface area (Å²) in [6.45, 7) is 2.29. The number of thiazole rings is 2. The van der Waals surface area contributed by atoms with Crippen molar-refractivity contribution in [3.8, 4) is 0 Å². The van der Waals surface area contributed by atoms with Gasteiger partial charge in [-0.1, -0.05) is 16.5 Å². The molecule has 0 aromatic carbocycles. The highest BCUT2D eigenvalue weighted by molar-refractivity contribution is 8.00. The van der Waals surface area contributed by atoms with Gasteiger partial charge in [-0.3, -0.25) is 19.4 Å². The predicted molar refractivity (Wildman–Crippen MR) is 147 cm³/mol. The average Bonchev–Trinajstić information content (AvgIpc) is 3.50. The van der Waals surface area contributed by atoms with Gasteiger partial charge in [-0.05, 0) is 26.2 Å². The van der Waals surface area contributed by atoms with Gasteiger partial charge in [0.1, 0.15) is 36.0 Å². The highest BCUT2D eigenvalue weighted by Gasteiger charge is 2.53. The number of carboxylic acids is 1. The van der Waals surface area contributed by atoms with Gasteiger partial charge in [-0.15, -0.1) is 23.1 Å². The molecule has 3 aliphatic rings. The van der Waals surface area contributed by atoms with Gasteiger partial charge in [0.25, 0.3) is 11.8 Å². The van der Waals surface area contributed by atoms with E-state index < -0.39 is 29.2 Å². The Morgan fingerprint density at radius 1 is 1.38 bits per heavy atom. The van der Waals surface area contributed by atoms with Crippen LogP contribution in [0.25, 0.3) is 0 Å². The molecular weight excluding hydrogens is 563 g/mol. The topological polar surface area (TPSA) is 157 Å². The van der Waals surface area contributed by atoms with Crippen molar-refractivity contribution >= 4 is 68.2 Å². The van der Waals surface area contributed by atoms with Crippen molar-refractivity contribution in [2.45, 2.75) is 44.0 Å². The van der Waals surface area contributed by atoms with Gasteiger partial charge < -0.3 is 25.8 Å². The molecule has 0 saturated carbocycles. The summed E-state index contributed by atoms with van der Waals surface area (Å²) in [4.78, 5) is 52.3. The van der Waals surface area contributed by atoms with E-state index in [4.69, 9.17) is 10.6 Å². The number of nitrogens with two attached hydrogens (primary N) is 1. The first kappa shape index (κ1) is 27.4. The zero-order valence-corrected chi connectivity index (χ0v) is 24.2. The number of aliphatic carboxylic acids is 1. The summed E-state index contributed by atoms with van der Waals surface area (Å²) in [5, 5.41) is 21.1. The Morgan fingerprint density at radius 3 is 2.82 bits per heavy atom. The summed E-state index contributed by atoms with van der Waals surface area (Å²) < 4.78 is 2.19. The van der Waals surface area contributed by atoms with Gasteiger partial charge in [-0.25, -0.2) is 9.55 Å². The number of likely N-dealkylation sites (N-methyl/N-ethyl adjacent to an activating group) is 1. The van der Waals surface area contributed by atoms with Crippen LogP contribution < -0.4 is 25.6 Å². The molecule has 1 aliphatic carbocycles. The molecule has 5 rings (SSSR count). The maximum atomic E-state index is 13.2. The highest BCUT2D eigenvalue weighted by atomic mass is 32.2. The summed E-state index contributed by atoms with van der Waals surface area (Å²) in [5.74, 6) is -2.21. The van der Waals surface area contributed by atoms with Crippen LogP contribution in [0.4, 0.5) is 10.3 Å². The number of rotatable bonds is 9. The van der Waals surface area contributed by atoms with Crippen molar-refractivity contribution in [3.05, 3.63) is 32.9 Å². The SMILES string of the molecule is CCO/N=C(/C(=O)N[C@@H]1C(=O)N2C(C(=O)[O-])=C(CN(C)c3sc4c([n+]3C)CCCC4)CS[C@H]12)c1csc(N)n1. The Kier molecular flexibility index (Phi) is 7.82. The standard InChI is InChI=1S/C24H29N7O5S3/c1-4-36-28-16(13-11-38-23(25)26-13)19(32)27-17-20(33)31-18(22(34)35)12(10-37-21(17)31)9-29(2)24-30(3)14-7-5-6-8-15(14)39-24/h11,17,21H,4-10H2,1-3H3,(H3-,25,26,27,32,34,35)/b28-16+/t17-,21-/m1/s1. The average molecular weight is 592 g/mol. The molecule has 0 bridgehead atoms. The Balaban J connectivity index is 1.33. The highest BCUT2D eigenvalue weighted by Crippen LogP contribution is 2.41. The van der Waals surface area contributed by atoms with E-state index in [1.807, 2.05) is 19.0 Å². The second-order valence-corrected chi connectivity index (χ2v) is 12.5. The third-order valence-electron chi connectivity index (χ3n) is 6.84. The van der Waals surface area contributed by atoms with E-state index >= 15 is 0 Å². The number of carbonyl (C=O) groups is 3. The largest absolute Gasteiger partial charge is 0.543 e. The molecule has 1 fully saturated rings. The molecule has 2 amide bonds. The number of aromatic nitrogens is 2. The monoisotopic (exact) mass is 591 g/mol. The van der Waals surface area contributed by atoms with Gasteiger partial charge in [0, 0.05) is 23.1 Å². The van der Waals surface area contributed by atoms with Gasteiger partial charge >= 0.3 is 5.13 Å². The van der Waals surface area contributed by atoms with E-state index in [2.05, 4.69) is 20.0 Å². The lowest BCUT2D eigenvalue weighted by molar-refractivity contribution is -0.662. The zero-order chi connectivity index (χ0) is 27.8. The summed E-state index contributed by atoms with van der Waals surface area (Å²) >= 11 is 4.28. The number of oxime groups is 1. The Morgan fingerprint density at radius 2 is 2.15 bits per heavy atom. The molecular formula is C24H29N7O5S3. The lowest BCUT2D eigenvalue weighted by Crippen LogP contribution is -2.71. The lowest BCUT2D eigenvalue weighted by Gasteiger charge is -2.50. The number of carboxylic acid groups (broad SMARTS) is 1. The molecule has 3 N–H and O–H groups in total. The minimum atomic E-state index is -1.41. The van der Waals surface area contributed by atoms with E-state index in [0.29, 0.717) is 17.9 Å². The minimum Gasteiger partial charge on any atom is -0.543 e. The predicted octanol–water partition coefficient (Wildman–Crippen LogP) is -0.229. The number of anilines is 2. The van der Waals surface area contributed by atoms with Crippen LogP contribution in [0.3, 0.4) is 0 Å². The smallest absolute Gasteiger partial charge is 0.336 e. The molecule has 4 heterocycles. The molecule has 2 aromatic rings. The third-order valence-corrected chi connectivity index (χ3v) is 10.3. The van der Waals surface area contributed by atoms with Crippen LogP contribution in [0.15, 0.2) is 21.8 Å². The molecule has 1 saturated heterocycles. The van der Waals surface area contributed by atoms with Crippen molar-refractivity contribution in [1.29, 1.82) is 0 Å². The number of nitrogen functional groups attached to an aromatic ring is 1. The van der Waals surface area contributed by atoms with Gasteiger partial charge in [0.05, 0.1) is 30.6 Å². The van der Waals surface area contributed by atoms with Gasteiger partial charge in [0.15, 0.2) is 10.8 Å². The number of nitrogens with one attached hydrogen (secondary N) is 1. The van der Waals surface area contributed by atoms with E-state index in [9.17, 15) is 19.5 Å². The van der Waals surface area contributed by atoms with Crippen molar-refractivity contribution in [3.63, 3.8) is 0 Å². The Hall–Kier alpha value is -3.17. The molecule has 2 aromatic heterocycles. The molecule has 2 atom stereocenters. The first-order valence-electron chi connectivity index (χ1n) is 12.5. The van der Waals surface area contributed by atoms with E-state index in [-0.39, 0.29) is 28.8 Å². The van der Waals surface area contributed by atoms with Crippen LogP contribution >= 0.6 is 34.4 Å². The summed E-state index contributed by atoms with van der Waals surface area (Å²) in [7, 11) is 3.97. The molecule has 39 heavy (non-hydrogen) atoms. The number of hydrogen-bond donors (Lipinski definition) is 2. The fraction of sp³-hybridized carbons (Fsp3) is 0.500.